The van der Waals surface area contributed by atoms with Crippen LogP contribution in [0.3, 0.4) is 0 Å². The molecule has 0 heterocycles. The van der Waals surface area contributed by atoms with Gasteiger partial charge in [-0.25, -0.2) is 0 Å². The summed E-state index contributed by atoms with van der Waals surface area (Å²) in [6, 6.07) is 0. The number of carbonyl (C=O) groups excluding carboxylic acids is 2. The van der Waals surface area contributed by atoms with Gasteiger partial charge in [-0.1, -0.05) is 6.92 Å². The quantitative estimate of drug-likeness (QED) is 0.461. The minimum atomic E-state index is -0.476. The lowest BCUT2D eigenvalue weighted by atomic mass is 10.1. The van der Waals surface area contributed by atoms with Crippen molar-refractivity contribution in [2.75, 3.05) is 13.2 Å². The van der Waals surface area contributed by atoms with Crippen LogP contribution in [0.2, 0.25) is 0 Å². The zero-order chi connectivity index (χ0) is 11.0. The first-order chi connectivity index (χ1) is 6.65. The normalized spacial score (nSPS) is 12.2. The van der Waals surface area contributed by atoms with Crippen LogP contribution in [-0.4, -0.2) is 31.1 Å². The lowest BCUT2D eigenvalue weighted by Crippen LogP contribution is -2.26. The average molecular weight is 202 g/mol. The first-order valence-electron chi connectivity index (χ1n) is 4.95. The van der Waals surface area contributed by atoms with Crippen LogP contribution in [0, 0.1) is 0 Å². The maximum atomic E-state index is 11.4. The third-order valence-electron chi connectivity index (χ3n) is 1.72. The predicted octanol–water partition coefficient (Wildman–Crippen LogP) is 1.32. The van der Waals surface area contributed by atoms with E-state index in [2.05, 4.69) is 4.74 Å². The molecule has 0 saturated heterocycles. The maximum Gasteiger partial charge on any atom is 0.313 e. The highest BCUT2D eigenvalue weighted by Gasteiger charge is 2.19. The summed E-state index contributed by atoms with van der Waals surface area (Å²) in [6.07, 6.45) is -0.0669. The Morgan fingerprint density at radius 2 is 1.79 bits per heavy atom. The molecule has 0 aliphatic heterocycles. The minimum absolute atomic E-state index is 0.188. The number of hydrogen-bond donors (Lipinski definition) is 0. The fourth-order valence-corrected chi connectivity index (χ4v) is 1.11. The van der Waals surface area contributed by atoms with E-state index >= 15 is 0 Å². The largest absolute Gasteiger partial charge is 0.466 e. The van der Waals surface area contributed by atoms with Crippen molar-refractivity contribution < 1.29 is 19.1 Å². The maximum absolute atomic E-state index is 11.4. The van der Waals surface area contributed by atoms with Crippen molar-refractivity contribution in [1.29, 1.82) is 0 Å². The van der Waals surface area contributed by atoms with Crippen LogP contribution in [0.4, 0.5) is 0 Å². The van der Waals surface area contributed by atoms with Crippen LogP contribution in [0.25, 0.3) is 0 Å². The van der Waals surface area contributed by atoms with Crippen molar-refractivity contribution in [3.63, 3.8) is 0 Å². The fraction of sp³-hybridized carbons (Fsp3) is 0.800. The zero-order valence-electron chi connectivity index (χ0n) is 9.04. The summed E-state index contributed by atoms with van der Waals surface area (Å²) in [7, 11) is 0. The van der Waals surface area contributed by atoms with Gasteiger partial charge in [-0.15, -0.1) is 0 Å². The number of carbonyl (C=O) groups is 2. The van der Waals surface area contributed by atoms with Crippen molar-refractivity contribution in [1.82, 2.24) is 0 Å². The lowest BCUT2D eigenvalue weighted by molar-refractivity contribution is -0.148. The monoisotopic (exact) mass is 202 g/mol. The standard InChI is InChI=1S/C10H18O4/c1-4-9(13-5-2)8(11)7-10(12)14-6-3/h9H,4-7H2,1-3H3. The number of ether oxygens (including phenoxy) is 2. The molecule has 0 radical (unpaired) electrons. The van der Waals surface area contributed by atoms with Crippen LogP contribution in [-0.2, 0) is 19.1 Å². The minimum Gasteiger partial charge on any atom is -0.466 e. The van der Waals surface area contributed by atoms with Crippen LogP contribution in [0.15, 0.2) is 0 Å². The Balaban J connectivity index is 3.96. The van der Waals surface area contributed by atoms with E-state index in [4.69, 9.17) is 4.74 Å². The predicted molar refractivity (Wildman–Crippen MR) is 52.0 cm³/mol. The Bertz CT molecular complexity index is 189. The van der Waals surface area contributed by atoms with E-state index in [1.54, 1.807) is 6.92 Å². The van der Waals surface area contributed by atoms with Crippen molar-refractivity contribution in [2.24, 2.45) is 0 Å². The molecule has 0 amide bonds. The van der Waals surface area contributed by atoms with Gasteiger partial charge in [-0.05, 0) is 20.3 Å². The zero-order valence-corrected chi connectivity index (χ0v) is 9.04. The Morgan fingerprint density at radius 3 is 2.21 bits per heavy atom. The molecule has 0 rings (SSSR count). The van der Waals surface area contributed by atoms with Gasteiger partial charge in [-0.2, -0.15) is 0 Å². The lowest BCUT2D eigenvalue weighted by Gasteiger charge is -2.12. The second-order valence-electron chi connectivity index (χ2n) is 2.80. The molecule has 0 bridgehead atoms. The summed E-state index contributed by atoms with van der Waals surface area (Å²) >= 11 is 0. The van der Waals surface area contributed by atoms with Crippen molar-refractivity contribution >= 4 is 11.8 Å². The number of ketones is 1. The SMILES string of the molecule is CCOC(=O)CC(=O)C(CC)OCC. The van der Waals surface area contributed by atoms with Gasteiger partial charge in [0, 0.05) is 6.61 Å². The van der Waals surface area contributed by atoms with E-state index in [9.17, 15) is 9.59 Å². The molecule has 0 aromatic heterocycles. The van der Waals surface area contributed by atoms with Gasteiger partial charge < -0.3 is 9.47 Å². The van der Waals surface area contributed by atoms with Gasteiger partial charge in [-0.3, -0.25) is 9.59 Å². The molecule has 0 spiro atoms. The summed E-state index contributed by atoms with van der Waals surface area (Å²) in [5, 5.41) is 0. The summed E-state index contributed by atoms with van der Waals surface area (Å²) in [5.74, 6) is -0.677. The van der Waals surface area contributed by atoms with Gasteiger partial charge >= 0.3 is 5.97 Å². The Kier molecular flexibility index (Phi) is 7.02. The highest BCUT2D eigenvalue weighted by molar-refractivity contribution is 5.97. The number of Topliss-reactive ketones (excluding diaryl/α,β-unsaturated/α-hetero) is 1. The first-order valence-corrected chi connectivity index (χ1v) is 4.95. The second-order valence-corrected chi connectivity index (χ2v) is 2.80. The molecular weight excluding hydrogens is 184 g/mol. The Labute approximate surface area is 84.6 Å². The van der Waals surface area contributed by atoms with Crippen LogP contribution in [0.1, 0.15) is 33.6 Å². The average Bonchev–Trinajstić information content (AvgIpc) is 2.14. The summed E-state index contributed by atoms with van der Waals surface area (Å²) < 4.78 is 9.84. The molecule has 14 heavy (non-hydrogen) atoms. The molecular formula is C10H18O4. The van der Waals surface area contributed by atoms with Gasteiger partial charge in [0.2, 0.25) is 0 Å². The van der Waals surface area contributed by atoms with Crippen molar-refractivity contribution in [3.05, 3.63) is 0 Å². The summed E-state index contributed by atoms with van der Waals surface area (Å²) in [5.41, 5.74) is 0. The molecule has 0 N–H and O–H groups in total. The number of rotatable bonds is 7. The van der Waals surface area contributed by atoms with E-state index in [-0.39, 0.29) is 12.2 Å². The molecule has 1 atom stereocenters. The van der Waals surface area contributed by atoms with Gasteiger partial charge in [0.25, 0.3) is 0 Å². The van der Waals surface area contributed by atoms with Gasteiger partial charge in [0.1, 0.15) is 12.5 Å². The second kappa shape index (κ2) is 7.50. The van der Waals surface area contributed by atoms with E-state index < -0.39 is 12.1 Å². The van der Waals surface area contributed by atoms with E-state index in [0.717, 1.165) is 0 Å². The smallest absolute Gasteiger partial charge is 0.313 e. The third-order valence-corrected chi connectivity index (χ3v) is 1.72. The summed E-state index contributed by atoms with van der Waals surface area (Å²) in [4.78, 5) is 22.4. The first kappa shape index (κ1) is 13.1. The topological polar surface area (TPSA) is 52.6 Å². The third kappa shape index (κ3) is 4.97. The van der Waals surface area contributed by atoms with Crippen LogP contribution in [0.5, 0.6) is 0 Å². The highest BCUT2D eigenvalue weighted by Crippen LogP contribution is 2.03. The number of esters is 1. The molecule has 0 aliphatic rings. The molecule has 1 unspecified atom stereocenters. The Hall–Kier alpha value is -0.900. The fourth-order valence-electron chi connectivity index (χ4n) is 1.11. The van der Waals surface area contributed by atoms with Crippen molar-refractivity contribution in [3.8, 4) is 0 Å². The Morgan fingerprint density at radius 1 is 1.14 bits per heavy atom. The van der Waals surface area contributed by atoms with Crippen LogP contribution >= 0.6 is 0 Å². The number of hydrogen-bond acceptors (Lipinski definition) is 4. The molecule has 0 fully saturated rings. The van der Waals surface area contributed by atoms with Crippen LogP contribution < -0.4 is 0 Å². The molecule has 0 aliphatic carbocycles. The van der Waals surface area contributed by atoms with E-state index in [0.29, 0.717) is 19.6 Å². The highest BCUT2D eigenvalue weighted by atomic mass is 16.5. The molecule has 4 heteroatoms. The van der Waals surface area contributed by atoms with E-state index in [1.165, 1.54) is 0 Å². The molecule has 4 nitrogen and oxygen atoms in total. The molecule has 82 valence electrons. The van der Waals surface area contributed by atoms with Gasteiger partial charge in [0.15, 0.2) is 5.78 Å². The molecule has 0 aromatic rings. The van der Waals surface area contributed by atoms with Crippen molar-refractivity contribution in [2.45, 2.75) is 39.7 Å². The van der Waals surface area contributed by atoms with Gasteiger partial charge in [0.05, 0.1) is 6.61 Å². The molecule has 0 saturated carbocycles. The summed E-state index contributed by atoms with van der Waals surface area (Å²) in [6.45, 7) is 6.16. The molecule has 0 aromatic carbocycles. The van der Waals surface area contributed by atoms with E-state index in [1.807, 2.05) is 13.8 Å².